The van der Waals surface area contributed by atoms with E-state index in [1.165, 1.54) is 6.07 Å². The quantitative estimate of drug-likeness (QED) is 0.517. The number of carbonyl (C=O) groups excluding carboxylic acids is 2. The minimum absolute atomic E-state index is 0.00920. The van der Waals surface area contributed by atoms with Gasteiger partial charge in [-0.25, -0.2) is 9.59 Å². The number of benzene rings is 1. The molecule has 0 saturated heterocycles. The number of hydrogen-bond acceptors (Lipinski definition) is 7. The summed E-state index contributed by atoms with van der Waals surface area (Å²) in [5, 5.41) is 3.22. The summed E-state index contributed by atoms with van der Waals surface area (Å²) in [4.78, 5) is 37.7. The molecule has 0 saturated carbocycles. The molecule has 0 unspecified atom stereocenters. The van der Waals surface area contributed by atoms with Gasteiger partial charge in [0.25, 0.3) is 0 Å². The molecule has 8 heteroatoms. The summed E-state index contributed by atoms with van der Waals surface area (Å²) in [5.41, 5.74) is 0.866. The van der Waals surface area contributed by atoms with E-state index in [9.17, 15) is 14.4 Å². The Kier molecular flexibility index (Phi) is 7.86. The molecule has 1 amide bonds. The highest BCUT2D eigenvalue weighted by molar-refractivity contribution is 5.84. The summed E-state index contributed by atoms with van der Waals surface area (Å²) >= 11 is 0. The summed E-state index contributed by atoms with van der Waals surface area (Å²) < 4.78 is 15.7. The average Bonchev–Trinajstić information content (AvgIpc) is 2.65. The van der Waals surface area contributed by atoms with E-state index in [0.717, 1.165) is 18.8 Å². The minimum Gasteiger partial charge on any atom is -0.461 e. The van der Waals surface area contributed by atoms with Gasteiger partial charge in [-0.15, -0.1) is 0 Å². The first-order valence-corrected chi connectivity index (χ1v) is 10.1. The van der Waals surface area contributed by atoms with Crippen LogP contribution in [0.3, 0.4) is 0 Å². The van der Waals surface area contributed by atoms with Gasteiger partial charge >= 0.3 is 17.7 Å². The van der Waals surface area contributed by atoms with Crippen LogP contribution in [0.4, 0.5) is 10.5 Å². The highest BCUT2D eigenvalue weighted by Gasteiger charge is 2.16. The Morgan fingerprint density at radius 1 is 1.13 bits per heavy atom. The summed E-state index contributed by atoms with van der Waals surface area (Å²) in [5.74, 6) is -0.493. The summed E-state index contributed by atoms with van der Waals surface area (Å²) in [6.07, 6.45) is -0.601. The van der Waals surface area contributed by atoms with Crippen molar-refractivity contribution >= 4 is 28.7 Å². The van der Waals surface area contributed by atoms with Crippen molar-refractivity contribution < 1.29 is 23.5 Å². The zero-order chi connectivity index (χ0) is 22.3. The Bertz CT molecular complexity index is 941. The van der Waals surface area contributed by atoms with Gasteiger partial charge in [-0.1, -0.05) is 0 Å². The normalized spacial score (nSPS) is 11.2. The summed E-state index contributed by atoms with van der Waals surface area (Å²) in [6.45, 7) is 11.1. The molecule has 0 aliphatic heterocycles. The van der Waals surface area contributed by atoms with Crippen molar-refractivity contribution in [3.05, 3.63) is 40.2 Å². The fraction of sp³-hybridized carbons (Fsp3) is 0.500. The van der Waals surface area contributed by atoms with E-state index >= 15 is 0 Å². The molecule has 0 aliphatic rings. The fourth-order valence-corrected chi connectivity index (χ4v) is 2.93. The molecule has 8 nitrogen and oxygen atoms in total. The van der Waals surface area contributed by atoms with Crippen LogP contribution in [0.15, 0.2) is 33.5 Å². The standard InChI is InChI=1S/C22H30N2O6/c1-6-24(7-2)16-8-9-17-15(12-20(26)29-18(17)13-16)14-28-19(25)10-11-23-21(27)30-22(3,4)5/h8-9,12-13H,6-7,10-11,14H2,1-5H3,(H,23,27). The number of nitrogens with zero attached hydrogens (tertiary/aromatic N) is 1. The molecule has 1 heterocycles. The molecule has 2 aromatic rings. The summed E-state index contributed by atoms with van der Waals surface area (Å²) in [7, 11) is 0. The van der Waals surface area contributed by atoms with Gasteiger partial charge in [0.1, 0.15) is 17.8 Å². The number of esters is 1. The molecule has 0 aliphatic carbocycles. The number of carbonyl (C=O) groups is 2. The fourth-order valence-electron chi connectivity index (χ4n) is 2.93. The zero-order valence-corrected chi connectivity index (χ0v) is 18.2. The molecular weight excluding hydrogens is 388 g/mol. The van der Waals surface area contributed by atoms with E-state index in [4.69, 9.17) is 13.9 Å². The van der Waals surface area contributed by atoms with Gasteiger partial charge in [0.2, 0.25) is 0 Å². The van der Waals surface area contributed by atoms with E-state index in [0.29, 0.717) is 16.5 Å². The molecule has 0 spiro atoms. The van der Waals surface area contributed by atoms with Crippen LogP contribution in [-0.2, 0) is 20.9 Å². The van der Waals surface area contributed by atoms with Crippen LogP contribution in [0, 0.1) is 0 Å². The van der Waals surface area contributed by atoms with Gasteiger partial charge in [0.15, 0.2) is 0 Å². The van der Waals surface area contributed by atoms with E-state index in [1.807, 2.05) is 18.2 Å². The van der Waals surface area contributed by atoms with Crippen molar-refractivity contribution in [2.24, 2.45) is 0 Å². The van der Waals surface area contributed by atoms with Gasteiger partial charge < -0.3 is 24.1 Å². The number of alkyl carbamates (subject to hydrolysis) is 1. The predicted octanol–water partition coefficient (Wildman–Crippen LogP) is 3.60. The van der Waals surface area contributed by atoms with Gasteiger partial charge in [0.05, 0.1) is 6.42 Å². The van der Waals surface area contributed by atoms with Crippen LogP contribution in [0.1, 0.15) is 46.6 Å². The Hall–Kier alpha value is -3.03. The third-order valence-electron chi connectivity index (χ3n) is 4.33. The number of fused-ring (bicyclic) bond motifs is 1. The highest BCUT2D eigenvalue weighted by atomic mass is 16.6. The zero-order valence-electron chi connectivity index (χ0n) is 18.2. The molecule has 0 bridgehead atoms. The largest absolute Gasteiger partial charge is 0.461 e. The van der Waals surface area contributed by atoms with E-state index in [2.05, 4.69) is 24.1 Å². The lowest BCUT2D eigenvalue weighted by Gasteiger charge is -2.21. The third kappa shape index (κ3) is 6.79. The number of anilines is 1. The molecular formula is C22H30N2O6. The minimum atomic E-state index is -0.606. The van der Waals surface area contributed by atoms with Crippen molar-refractivity contribution in [1.82, 2.24) is 5.32 Å². The predicted molar refractivity (Wildman–Crippen MR) is 115 cm³/mol. The number of hydrogen-bond donors (Lipinski definition) is 1. The lowest BCUT2D eigenvalue weighted by Crippen LogP contribution is -2.33. The first-order chi connectivity index (χ1) is 14.1. The van der Waals surface area contributed by atoms with Gasteiger partial charge in [-0.05, 0) is 46.8 Å². The molecule has 0 fully saturated rings. The Balaban J connectivity index is 1.99. The van der Waals surface area contributed by atoms with Crippen molar-refractivity contribution in [1.29, 1.82) is 0 Å². The molecule has 0 radical (unpaired) electrons. The second kappa shape index (κ2) is 10.1. The van der Waals surface area contributed by atoms with Crippen LogP contribution >= 0.6 is 0 Å². The van der Waals surface area contributed by atoms with Crippen LogP contribution in [-0.4, -0.2) is 37.3 Å². The molecule has 2 rings (SSSR count). The topological polar surface area (TPSA) is 98.1 Å². The lowest BCUT2D eigenvalue weighted by molar-refractivity contribution is -0.144. The molecule has 1 aromatic heterocycles. The van der Waals surface area contributed by atoms with Crippen LogP contribution in [0.25, 0.3) is 11.0 Å². The van der Waals surface area contributed by atoms with Crippen LogP contribution in [0.5, 0.6) is 0 Å². The van der Waals surface area contributed by atoms with Gasteiger partial charge in [0, 0.05) is 48.4 Å². The molecule has 1 N–H and O–H groups in total. The van der Waals surface area contributed by atoms with Crippen molar-refractivity contribution in [2.75, 3.05) is 24.5 Å². The van der Waals surface area contributed by atoms with Gasteiger partial charge in [-0.3, -0.25) is 4.79 Å². The number of amides is 1. The Morgan fingerprint density at radius 3 is 2.47 bits per heavy atom. The smallest absolute Gasteiger partial charge is 0.407 e. The first-order valence-electron chi connectivity index (χ1n) is 10.1. The average molecular weight is 418 g/mol. The molecule has 1 aromatic carbocycles. The second-order valence-corrected chi connectivity index (χ2v) is 7.78. The van der Waals surface area contributed by atoms with E-state index in [1.54, 1.807) is 20.8 Å². The molecule has 164 valence electrons. The highest BCUT2D eigenvalue weighted by Crippen LogP contribution is 2.24. The monoisotopic (exact) mass is 418 g/mol. The van der Waals surface area contributed by atoms with Crippen molar-refractivity contribution in [2.45, 2.75) is 53.2 Å². The van der Waals surface area contributed by atoms with Crippen molar-refractivity contribution in [3.8, 4) is 0 Å². The maximum Gasteiger partial charge on any atom is 0.407 e. The van der Waals surface area contributed by atoms with Crippen LogP contribution in [0.2, 0.25) is 0 Å². The Morgan fingerprint density at radius 2 is 1.83 bits per heavy atom. The molecule has 0 atom stereocenters. The lowest BCUT2D eigenvalue weighted by atomic mass is 10.1. The summed E-state index contributed by atoms with van der Waals surface area (Å²) in [6, 6.07) is 6.95. The SMILES string of the molecule is CCN(CC)c1ccc2c(COC(=O)CCNC(=O)OC(C)(C)C)cc(=O)oc2c1. The number of nitrogens with one attached hydrogen (secondary N) is 1. The second-order valence-electron chi connectivity index (χ2n) is 7.78. The maximum absolute atomic E-state index is 12.0. The molecule has 30 heavy (non-hydrogen) atoms. The van der Waals surface area contributed by atoms with Crippen LogP contribution < -0.4 is 15.8 Å². The van der Waals surface area contributed by atoms with Gasteiger partial charge in [-0.2, -0.15) is 0 Å². The Labute approximate surface area is 176 Å². The third-order valence-corrected chi connectivity index (χ3v) is 4.33. The number of ether oxygens (including phenoxy) is 2. The van der Waals surface area contributed by atoms with Crippen molar-refractivity contribution in [3.63, 3.8) is 0 Å². The van der Waals surface area contributed by atoms with E-state index < -0.39 is 23.3 Å². The first kappa shape index (κ1) is 23.3. The maximum atomic E-state index is 12.0. The number of rotatable bonds is 8. The van der Waals surface area contributed by atoms with E-state index in [-0.39, 0.29) is 19.6 Å².